The van der Waals surface area contributed by atoms with Crippen LogP contribution in [0.1, 0.15) is 36.5 Å². The summed E-state index contributed by atoms with van der Waals surface area (Å²) in [5.41, 5.74) is 2.82. The van der Waals surface area contributed by atoms with E-state index in [0.717, 1.165) is 5.56 Å². The van der Waals surface area contributed by atoms with Crippen molar-refractivity contribution in [1.82, 2.24) is 0 Å². The molecule has 0 saturated carbocycles. The number of carboxylic acids is 1. The number of hydrogen-bond donors (Lipinski definition) is 2. The SMILES string of the molecule is CC(C)c1ccc(/C=C(\C(=O)O)c2ccc(O)cc2)cc1. The van der Waals surface area contributed by atoms with Gasteiger partial charge in [-0.3, -0.25) is 0 Å². The Bertz CT molecular complexity index is 650. The van der Waals surface area contributed by atoms with Crippen molar-refractivity contribution >= 4 is 17.6 Å². The monoisotopic (exact) mass is 282 g/mol. The molecule has 0 fully saturated rings. The molecule has 0 unspecified atom stereocenters. The van der Waals surface area contributed by atoms with Gasteiger partial charge in [-0.25, -0.2) is 4.79 Å². The Hall–Kier alpha value is -2.55. The first kappa shape index (κ1) is 14.9. The van der Waals surface area contributed by atoms with Crippen LogP contribution in [0.25, 0.3) is 11.6 Å². The molecule has 0 aromatic heterocycles. The normalized spacial score (nSPS) is 11.7. The Kier molecular flexibility index (Phi) is 4.43. The number of aromatic hydroxyl groups is 1. The number of carboxylic acid groups (broad SMARTS) is 1. The lowest BCUT2D eigenvalue weighted by Gasteiger charge is -2.06. The van der Waals surface area contributed by atoms with Crippen LogP contribution in [0.5, 0.6) is 5.75 Å². The summed E-state index contributed by atoms with van der Waals surface area (Å²) in [6.45, 7) is 4.23. The van der Waals surface area contributed by atoms with Gasteiger partial charge in [-0.05, 0) is 40.8 Å². The summed E-state index contributed by atoms with van der Waals surface area (Å²) in [5.74, 6) is -0.433. The zero-order chi connectivity index (χ0) is 15.4. The van der Waals surface area contributed by atoms with E-state index in [4.69, 9.17) is 0 Å². The third-order valence-electron chi connectivity index (χ3n) is 3.32. The first-order valence-corrected chi connectivity index (χ1v) is 6.81. The van der Waals surface area contributed by atoms with E-state index in [9.17, 15) is 15.0 Å². The quantitative estimate of drug-likeness (QED) is 0.654. The van der Waals surface area contributed by atoms with Gasteiger partial charge in [0, 0.05) is 0 Å². The molecule has 3 nitrogen and oxygen atoms in total. The standard InChI is InChI=1S/C18H18O3/c1-12(2)14-5-3-13(4-6-14)11-17(18(20)21)15-7-9-16(19)10-8-15/h3-12,19H,1-2H3,(H,20,21)/b17-11-. The minimum Gasteiger partial charge on any atom is -0.508 e. The van der Waals surface area contributed by atoms with Crippen LogP contribution in [-0.2, 0) is 4.79 Å². The molecule has 0 amide bonds. The Balaban J connectivity index is 2.37. The summed E-state index contributed by atoms with van der Waals surface area (Å²) < 4.78 is 0. The Morgan fingerprint density at radius 1 is 1.00 bits per heavy atom. The fourth-order valence-electron chi connectivity index (χ4n) is 2.05. The average molecular weight is 282 g/mol. The third kappa shape index (κ3) is 3.72. The van der Waals surface area contributed by atoms with E-state index >= 15 is 0 Å². The van der Waals surface area contributed by atoms with Crippen molar-refractivity contribution in [2.75, 3.05) is 0 Å². The van der Waals surface area contributed by atoms with Crippen molar-refractivity contribution in [2.45, 2.75) is 19.8 Å². The largest absolute Gasteiger partial charge is 0.508 e. The molecule has 0 heterocycles. The summed E-state index contributed by atoms with van der Waals surface area (Å²) in [4.78, 5) is 11.4. The lowest BCUT2D eigenvalue weighted by Crippen LogP contribution is -1.99. The van der Waals surface area contributed by atoms with Gasteiger partial charge in [-0.15, -0.1) is 0 Å². The molecule has 0 spiro atoms. The molecule has 0 aliphatic heterocycles. The fraction of sp³-hybridized carbons (Fsp3) is 0.167. The van der Waals surface area contributed by atoms with E-state index in [0.29, 0.717) is 11.5 Å². The molecule has 0 saturated heterocycles. The fourth-order valence-corrected chi connectivity index (χ4v) is 2.05. The number of rotatable bonds is 4. The molecule has 0 aliphatic carbocycles. The molecule has 0 bridgehead atoms. The number of hydrogen-bond acceptors (Lipinski definition) is 2. The lowest BCUT2D eigenvalue weighted by molar-refractivity contribution is -0.130. The zero-order valence-corrected chi connectivity index (χ0v) is 12.1. The number of phenols is 1. The van der Waals surface area contributed by atoms with Gasteiger partial charge in [-0.2, -0.15) is 0 Å². The van der Waals surface area contributed by atoms with Crippen LogP contribution in [0.3, 0.4) is 0 Å². The zero-order valence-electron chi connectivity index (χ0n) is 12.1. The molecular weight excluding hydrogens is 264 g/mol. The highest BCUT2D eigenvalue weighted by Crippen LogP contribution is 2.22. The first-order chi connectivity index (χ1) is 9.97. The van der Waals surface area contributed by atoms with Gasteiger partial charge < -0.3 is 10.2 Å². The van der Waals surface area contributed by atoms with E-state index in [1.165, 1.54) is 17.7 Å². The van der Waals surface area contributed by atoms with Gasteiger partial charge in [-0.1, -0.05) is 50.2 Å². The minimum atomic E-state index is -0.992. The summed E-state index contributed by atoms with van der Waals surface area (Å²) in [7, 11) is 0. The van der Waals surface area contributed by atoms with Gasteiger partial charge in [0.25, 0.3) is 0 Å². The van der Waals surface area contributed by atoms with E-state index in [1.54, 1.807) is 18.2 Å². The highest BCUT2D eigenvalue weighted by molar-refractivity contribution is 6.20. The predicted molar refractivity (Wildman–Crippen MR) is 84.1 cm³/mol. The summed E-state index contributed by atoms with van der Waals surface area (Å²) in [6, 6.07) is 14.0. The van der Waals surface area contributed by atoms with Crippen LogP contribution >= 0.6 is 0 Å². The number of phenolic OH excluding ortho intramolecular Hbond substituents is 1. The van der Waals surface area contributed by atoms with Crippen molar-refractivity contribution < 1.29 is 15.0 Å². The van der Waals surface area contributed by atoms with Crippen LogP contribution in [0, 0.1) is 0 Å². The third-order valence-corrected chi connectivity index (χ3v) is 3.32. The van der Waals surface area contributed by atoms with E-state index in [2.05, 4.69) is 13.8 Å². The maximum absolute atomic E-state index is 11.4. The topological polar surface area (TPSA) is 57.5 Å². The molecule has 2 aromatic carbocycles. The van der Waals surface area contributed by atoms with Crippen LogP contribution in [0.15, 0.2) is 48.5 Å². The van der Waals surface area contributed by atoms with Gasteiger partial charge >= 0.3 is 5.97 Å². The van der Waals surface area contributed by atoms with Crippen LogP contribution in [0.4, 0.5) is 0 Å². The van der Waals surface area contributed by atoms with Crippen molar-refractivity contribution in [1.29, 1.82) is 0 Å². The second-order valence-electron chi connectivity index (χ2n) is 5.23. The van der Waals surface area contributed by atoms with Gasteiger partial charge in [0.1, 0.15) is 5.75 Å². The maximum atomic E-state index is 11.4. The Morgan fingerprint density at radius 2 is 1.57 bits per heavy atom. The lowest BCUT2D eigenvalue weighted by atomic mass is 9.99. The molecule has 0 atom stereocenters. The van der Waals surface area contributed by atoms with Crippen LogP contribution < -0.4 is 0 Å². The summed E-state index contributed by atoms with van der Waals surface area (Å²) in [5, 5.41) is 18.7. The first-order valence-electron chi connectivity index (χ1n) is 6.81. The van der Waals surface area contributed by atoms with Crippen molar-refractivity contribution in [2.24, 2.45) is 0 Å². The van der Waals surface area contributed by atoms with Crippen LogP contribution in [-0.4, -0.2) is 16.2 Å². The number of benzene rings is 2. The van der Waals surface area contributed by atoms with E-state index in [1.807, 2.05) is 24.3 Å². The average Bonchev–Trinajstić information content (AvgIpc) is 2.46. The molecular formula is C18H18O3. The molecule has 0 radical (unpaired) electrons. The summed E-state index contributed by atoms with van der Waals surface area (Å²) >= 11 is 0. The smallest absolute Gasteiger partial charge is 0.336 e. The van der Waals surface area contributed by atoms with Crippen molar-refractivity contribution in [3.05, 3.63) is 65.2 Å². The molecule has 2 rings (SSSR count). The Morgan fingerprint density at radius 3 is 2.05 bits per heavy atom. The minimum absolute atomic E-state index is 0.116. The molecule has 0 aliphatic rings. The Labute approximate surface area is 124 Å². The molecule has 21 heavy (non-hydrogen) atoms. The van der Waals surface area contributed by atoms with E-state index in [-0.39, 0.29) is 11.3 Å². The van der Waals surface area contributed by atoms with Crippen molar-refractivity contribution in [3.63, 3.8) is 0 Å². The second-order valence-corrected chi connectivity index (χ2v) is 5.23. The predicted octanol–water partition coefficient (Wildman–Crippen LogP) is 4.14. The van der Waals surface area contributed by atoms with Gasteiger partial charge in [0.05, 0.1) is 5.57 Å². The molecule has 3 heteroatoms. The second kappa shape index (κ2) is 6.27. The van der Waals surface area contributed by atoms with Crippen molar-refractivity contribution in [3.8, 4) is 5.75 Å². The summed E-state index contributed by atoms with van der Waals surface area (Å²) in [6.07, 6.45) is 1.64. The maximum Gasteiger partial charge on any atom is 0.336 e. The molecule has 108 valence electrons. The number of aliphatic carboxylic acids is 1. The highest BCUT2D eigenvalue weighted by Gasteiger charge is 2.10. The highest BCUT2D eigenvalue weighted by atomic mass is 16.4. The van der Waals surface area contributed by atoms with Crippen LogP contribution in [0.2, 0.25) is 0 Å². The molecule has 2 aromatic rings. The van der Waals surface area contributed by atoms with E-state index < -0.39 is 5.97 Å². The molecule has 2 N–H and O–H groups in total. The van der Waals surface area contributed by atoms with Gasteiger partial charge in [0.15, 0.2) is 0 Å². The van der Waals surface area contributed by atoms with Gasteiger partial charge in [0.2, 0.25) is 0 Å². The number of carbonyl (C=O) groups is 1.